The SMILES string of the molecule is CC(F)(c1ccc2c(c1)CC[C@H]1N(C(=O)C3(F)CCS(=N)(=O)CC3)CC[C@@]21Cc1ccc(F)cc1)C(F)(F)F. The molecule has 1 N–H and O–H groups in total. The molecule has 0 spiro atoms. The van der Waals surface area contributed by atoms with E-state index in [1.165, 1.54) is 29.2 Å². The Labute approximate surface area is 223 Å². The quantitative estimate of drug-likeness (QED) is 0.447. The summed E-state index contributed by atoms with van der Waals surface area (Å²) >= 11 is 0. The highest BCUT2D eigenvalue weighted by Crippen LogP contribution is 2.52. The van der Waals surface area contributed by atoms with Crippen LogP contribution in [0.1, 0.15) is 54.9 Å². The summed E-state index contributed by atoms with van der Waals surface area (Å²) in [6.45, 7) is 0.696. The molecule has 2 saturated heterocycles. The van der Waals surface area contributed by atoms with Gasteiger partial charge in [0, 0.05) is 52.1 Å². The predicted molar refractivity (Wildman–Crippen MR) is 135 cm³/mol. The number of hydrogen-bond donors (Lipinski definition) is 1. The van der Waals surface area contributed by atoms with Crippen molar-refractivity contribution in [1.29, 1.82) is 4.78 Å². The summed E-state index contributed by atoms with van der Waals surface area (Å²) in [4.78, 5) is 15.1. The van der Waals surface area contributed by atoms with E-state index in [0.717, 1.165) is 11.6 Å². The maximum atomic E-state index is 15.9. The van der Waals surface area contributed by atoms with Gasteiger partial charge < -0.3 is 4.90 Å². The molecule has 212 valence electrons. The largest absolute Gasteiger partial charge is 0.426 e. The van der Waals surface area contributed by atoms with Gasteiger partial charge in [0.1, 0.15) is 5.82 Å². The molecule has 11 heteroatoms. The van der Waals surface area contributed by atoms with Crippen LogP contribution in [0.25, 0.3) is 0 Å². The highest BCUT2D eigenvalue weighted by Gasteiger charge is 2.57. The highest BCUT2D eigenvalue weighted by molar-refractivity contribution is 7.92. The predicted octanol–water partition coefficient (Wildman–Crippen LogP) is 6.15. The van der Waals surface area contributed by atoms with Gasteiger partial charge >= 0.3 is 6.18 Å². The molecule has 4 nitrogen and oxygen atoms in total. The number of likely N-dealkylation sites (tertiary alicyclic amines) is 1. The van der Waals surface area contributed by atoms with Crippen molar-refractivity contribution >= 4 is 15.6 Å². The van der Waals surface area contributed by atoms with Crippen molar-refractivity contribution in [2.24, 2.45) is 0 Å². The van der Waals surface area contributed by atoms with E-state index >= 15 is 4.39 Å². The molecule has 2 aromatic rings. The van der Waals surface area contributed by atoms with Crippen molar-refractivity contribution in [2.75, 3.05) is 18.1 Å². The van der Waals surface area contributed by atoms with Crippen LogP contribution in [0.5, 0.6) is 0 Å². The summed E-state index contributed by atoms with van der Waals surface area (Å²) in [6.07, 6.45) is -4.35. The Morgan fingerprint density at radius 1 is 1.08 bits per heavy atom. The molecule has 2 fully saturated rings. The van der Waals surface area contributed by atoms with Crippen LogP contribution in [0.15, 0.2) is 42.5 Å². The minimum absolute atomic E-state index is 0.193. The molecule has 2 heterocycles. The standard InChI is InChI=1S/C28H30F6N2O2S/c1-25(30,28(32,33)34)20-5-8-22-19(16-20)4-9-23-26(22,17-18-2-6-21(29)7-3-18)10-13-36(23)24(37)27(31)11-14-39(35,38)15-12-27/h2-3,5-8,16,23,35H,4,9-15,17H2,1H3/t23-,25?,26-,27?,39?/m1/s1. The Morgan fingerprint density at radius 2 is 1.72 bits per heavy atom. The zero-order valence-corrected chi connectivity index (χ0v) is 22.2. The summed E-state index contributed by atoms with van der Waals surface area (Å²) in [6, 6.07) is 9.23. The van der Waals surface area contributed by atoms with Gasteiger partial charge in [-0.25, -0.2) is 17.4 Å². The molecule has 0 radical (unpaired) electrons. The van der Waals surface area contributed by atoms with Crippen LogP contribution in [-0.2, 0) is 38.4 Å². The number of halogens is 6. The third-order valence-corrected chi connectivity index (χ3v) is 10.7. The normalized spacial score (nSPS) is 32.3. The lowest BCUT2D eigenvalue weighted by atomic mass is 9.63. The Morgan fingerprint density at radius 3 is 2.33 bits per heavy atom. The zero-order chi connectivity index (χ0) is 28.4. The Hall–Kier alpha value is -2.56. The third kappa shape index (κ3) is 4.74. The molecule has 1 amide bonds. The van der Waals surface area contributed by atoms with Crippen LogP contribution in [0.4, 0.5) is 26.3 Å². The summed E-state index contributed by atoms with van der Waals surface area (Å²) in [5, 5.41) is 0. The van der Waals surface area contributed by atoms with Crippen molar-refractivity contribution in [3.05, 3.63) is 70.5 Å². The fourth-order valence-corrected chi connectivity index (χ4v) is 8.09. The van der Waals surface area contributed by atoms with Gasteiger partial charge in [-0.2, -0.15) is 13.2 Å². The molecule has 1 unspecified atom stereocenters. The summed E-state index contributed by atoms with van der Waals surface area (Å²) in [7, 11) is -2.91. The molecule has 0 saturated carbocycles. The van der Waals surface area contributed by atoms with E-state index in [9.17, 15) is 31.0 Å². The van der Waals surface area contributed by atoms with Gasteiger partial charge in [-0.05, 0) is 67.0 Å². The second-order valence-electron chi connectivity index (χ2n) is 11.3. The number of alkyl halides is 5. The third-order valence-electron chi connectivity index (χ3n) is 8.95. The highest BCUT2D eigenvalue weighted by atomic mass is 32.2. The second kappa shape index (κ2) is 9.24. The number of rotatable bonds is 4. The van der Waals surface area contributed by atoms with E-state index in [1.54, 1.807) is 12.1 Å². The number of carbonyl (C=O) groups excluding carboxylic acids is 1. The average Bonchev–Trinajstić information content (AvgIpc) is 3.25. The van der Waals surface area contributed by atoms with Gasteiger partial charge in [0.2, 0.25) is 5.67 Å². The van der Waals surface area contributed by atoms with E-state index in [-0.39, 0.29) is 37.3 Å². The first-order valence-corrected chi connectivity index (χ1v) is 14.9. The lowest BCUT2D eigenvalue weighted by molar-refractivity contribution is -0.228. The fourth-order valence-electron chi connectivity index (χ4n) is 6.58. The van der Waals surface area contributed by atoms with Crippen LogP contribution < -0.4 is 0 Å². The lowest BCUT2D eigenvalue weighted by Crippen LogP contribution is -2.55. The zero-order valence-electron chi connectivity index (χ0n) is 21.4. The van der Waals surface area contributed by atoms with Gasteiger partial charge in [-0.1, -0.05) is 30.3 Å². The van der Waals surface area contributed by atoms with Crippen molar-refractivity contribution < 1.29 is 35.3 Å². The first-order chi connectivity index (χ1) is 18.1. The number of carbonyl (C=O) groups is 1. The molecule has 39 heavy (non-hydrogen) atoms. The monoisotopic (exact) mass is 572 g/mol. The first-order valence-electron chi connectivity index (χ1n) is 13.0. The maximum Gasteiger partial charge on any atom is 0.426 e. The topological polar surface area (TPSA) is 61.2 Å². The minimum Gasteiger partial charge on any atom is -0.336 e. The van der Waals surface area contributed by atoms with E-state index < -0.39 is 56.0 Å². The van der Waals surface area contributed by atoms with Gasteiger partial charge in [0.25, 0.3) is 5.91 Å². The molecule has 0 aromatic heterocycles. The van der Waals surface area contributed by atoms with E-state index in [2.05, 4.69) is 0 Å². The van der Waals surface area contributed by atoms with Crippen LogP contribution in [0, 0.1) is 10.6 Å². The number of hydrogen-bond acceptors (Lipinski definition) is 3. The number of aryl methyl sites for hydroxylation is 1. The number of fused-ring (bicyclic) bond motifs is 3. The van der Waals surface area contributed by atoms with Crippen molar-refractivity contribution in [1.82, 2.24) is 4.90 Å². The van der Waals surface area contributed by atoms with E-state index in [1.807, 2.05) is 0 Å². The number of nitrogens with one attached hydrogen (secondary N) is 1. The Bertz CT molecular complexity index is 1380. The molecule has 3 aliphatic rings. The molecule has 0 bridgehead atoms. The molecule has 5 rings (SSSR count). The lowest BCUT2D eigenvalue weighted by Gasteiger charge is -2.45. The van der Waals surface area contributed by atoms with Crippen molar-refractivity contribution in [3.8, 4) is 0 Å². The fraction of sp³-hybridized carbons (Fsp3) is 0.536. The summed E-state index contributed by atoms with van der Waals surface area (Å²) in [5.41, 5.74) is -5.09. The number of benzene rings is 2. The molecule has 1 aliphatic carbocycles. The Balaban J connectivity index is 1.55. The van der Waals surface area contributed by atoms with Gasteiger partial charge in [0.15, 0.2) is 5.67 Å². The molecule has 3 atom stereocenters. The summed E-state index contributed by atoms with van der Waals surface area (Å²) in [5.74, 6) is -1.53. The smallest absolute Gasteiger partial charge is 0.336 e. The van der Waals surface area contributed by atoms with Crippen LogP contribution in [0.2, 0.25) is 0 Å². The van der Waals surface area contributed by atoms with Crippen molar-refractivity contribution in [3.63, 3.8) is 0 Å². The number of amides is 1. The van der Waals surface area contributed by atoms with Gasteiger partial charge in [0.05, 0.1) is 0 Å². The first kappa shape index (κ1) is 28.0. The van der Waals surface area contributed by atoms with Crippen LogP contribution >= 0.6 is 0 Å². The van der Waals surface area contributed by atoms with Gasteiger partial charge in [-0.15, -0.1) is 0 Å². The molecule has 2 aliphatic heterocycles. The minimum atomic E-state index is -5.10. The van der Waals surface area contributed by atoms with Crippen LogP contribution in [0.3, 0.4) is 0 Å². The summed E-state index contributed by atoms with van der Waals surface area (Å²) < 4.78 is 105. The molecular weight excluding hydrogens is 542 g/mol. The van der Waals surface area contributed by atoms with E-state index in [0.29, 0.717) is 37.3 Å². The second-order valence-corrected chi connectivity index (χ2v) is 13.8. The van der Waals surface area contributed by atoms with Crippen LogP contribution in [-0.4, -0.2) is 51.0 Å². The maximum absolute atomic E-state index is 15.9. The Kier molecular flexibility index (Phi) is 6.63. The number of nitrogens with zero attached hydrogens (tertiary/aromatic N) is 1. The molecule has 2 aromatic carbocycles. The van der Waals surface area contributed by atoms with Crippen molar-refractivity contribution in [2.45, 2.75) is 74.4 Å². The molecular formula is C28H30F6N2O2S. The van der Waals surface area contributed by atoms with E-state index in [4.69, 9.17) is 4.78 Å². The van der Waals surface area contributed by atoms with Gasteiger partial charge in [-0.3, -0.25) is 9.57 Å². The average molecular weight is 573 g/mol.